The molecule has 0 radical (unpaired) electrons. The molecule has 3 aromatic rings. The molecule has 0 aliphatic carbocycles. The van der Waals surface area contributed by atoms with Crippen molar-refractivity contribution in [3.8, 4) is 0 Å². The molecule has 0 aromatic heterocycles. The van der Waals surface area contributed by atoms with Crippen molar-refractivity contribution in [2.75, 3.05) is 11.5 Å². The second-order valence-electron chi connectivity index (χ2n) is 7.08. The van der Waals surface area contributed by atoms with Crippen LogP contribution in [0.25, 0.3) is 0 Å². The van der Waals surface area contributed by atoms with E-state index in [2.05, 4.69) is 21.1 Å². The molecule has 8 heteroatoms. The number of nitrogens with one attached hydrogen (secondary N) is 2. The van der Waals surface area contributed by atoms with E-state index in [1.807, 2.05) is 84.9 Å². The molecule has 0 atom stereocenters. The first kappa shape index (κ1) is 25.3. The van der Waals surface area contributed by atoms with Crippen molar-refractivity contribution in [1.29, 1.82) is 0 Å². The largest absolute Gasteiger partial charge is 0.273 e. The maximum Gasteiger partial charge on any atom is 0.240 e. The molecule has 2 N–H and O–H groups in total. The Kier molecular flexibility index (Phi) is 10.9. The number of benzene rings is 3. The second-order valence-corrected chi connectivity index (χ2v) is 9.41. The Balaban J connectivity index is 1.31. The van der Waals surface area contributed by atoms with E-state index in [1.165, 1.54) is 0 Å². The Bertz CT molecular complexity index is 1000. The van der Waals surface area contributed by atoms with Crippen molar-refractivity contribution in [2.45, 2.75) is 22.6 Å². The lowest BCUT2D eigenvalue weighted by atomic mass is 10.2. The van der Waals surface area contributed by atoms with E-state index >= 15 is 0 Å². The maximum absolute atomic E-state index is 11.9. The molecule has 3 rings (SSSR count). The minimum absolute atomic E-state index is 0.124. The first-order valence-electron chi connectivity index (χ1n) is 10.8. The molecule has 0 unspecified atom stereocenters. The predicted molar refractivity (Wildman–Crippen MR) is 141 cm³/mol. The number of amides is 2. The molecule has 2 amide bonds. The highest BCUT2D eigenvalue weighted by molar-refractivity contribution is 7.99. The molecule has 0 spiro atoms. The topological polar surface area (TPSA) is 82.9 Å². The van der Waals surface area contributed by atoms with Crippen LogP contribution in [-0.2, 0) is 9.59 Å². The summed E-state index contributed by atoms with van der Waals surface area (Å²) in [6.45, 7) is 0. The fraction of sp³-hybridized carbons (Fsp3) is 0.154. The molecule has 6 nitrogen and oxygen atoms in total. The molecule has 0 heterocycles. The van der Waals surface area contributed by atoms with Gasteiger partial charge in [0.2, 0.25) is 11.8 Å². The van der Waals surface area contributed by atoms with Gasteiger partial charge in [-0.3, -0.25) is 9.59 Å². The smallest absolute Gasteiger partial charge is 0.240 e. The Morgan fingerprint density at radius 3 is 1.38 bits per heavy atom. The van der Waals surface area contributed by atoms with Gasteiger partial charge in [0, 0.05) is 34.1 Å². The molecule has 0 saturated carbocycles. The highest BCUT2D eigenvalue weighted by Crippen LogP contribution is 2.18. The summed E-state index contributed by atoms with van der Waals surface area (Å²) in [5.74, 6) is 1.14. The predicted octanol–water partition coefficient (Wildman–Crippen LogP) is 4.95. The van der Waals surface area contributed by atoms with Crippen LogP contribution in [0.1, 0.15) is 24.0 Å². The van der Waals surface area contributed by atoms with Gasteiger partial charge in [0.15, 0.2) is 0 Å². The number of hydrogen-bond acceptors (Lipinski definition) is 6. The van der Waals surface area contributed by atoms with Gasteiger partial charge in [0.1, 0.15) is 0 Å². The van der Waals surface area contributed by atoms with Gasteiger partial charge >= 0.3 is 0 Å². The van der Waals surface area contributed by atoms with Crippen LogP contribution < -0.4 is 10.9 Å². The molecule has 174 valence electrons. The number of nitrogens with zero attached hydrogens (tertiary/aromatic N) is 2. The molecule has 0 bridgehead atoms. The van der Waals surface area contributed by atoms with Crippen LogP contribution in [-0.4, -0.2) is 35.7 Å². The fourth-order valence-corrected chi connectivity index (χ4v) is 4.44. The van der Waals surface area contributed by atoms with Crippen LogP contribution in [0, 0.1) is 0 Å². The zero-order valence-corrected chi connectivity index (χ0v) is 20.2. The molecule has 0 aliphatic rings. The van der Waals surface area contributed by atoms with Gasteiger partial charge in [-0.15, -0.1) is 23.5 Å². The van der Waals surface area contributed by atoms with Gasteiger partial charge in [-0.05, 0) is 35.4 Å². The van der Waals surface area contributed by atoms with Gasteiger partial charge < -0.3 is 0 Å². The highest BCUT2D eigenvalue weighted by atomic mass is 32.2. The summed E-state index contributed by atoms with van der Waals surface area (Å²) in [5.41, 5.74) is 6.79. The molecule has 3 aromatic carbocycles. The number of carbonyl (C=O) groups is 2. The first-order valence-corrected chi connectivity index (χ1v) is 12.8. The lowest BCUT2D eigenvalue weighted by Gasteiger charge is -2.01. The van der Waals surface area contributed by atoms with E-state index in [0.29, 0.717) is 24.3 Å². The minimum atomic E-state index is -0.124. The zero-order valence-electron chi connectivity index (χ0n) is 18.6. The van der Waals surface area contributed by atoms with E-state index < -0.39 is 0 Å². The van der Waals surface area contributed by atoms with E-state index in [4.69, 9.17) is 0 Å². The third-order valence-electron chi connectivity index (χ3n) is 4.42. The Labute approximate surface area is 208 Å². The summed E-state index contributed by atoms with van der Waals surface area (Å²) in [6.07, 6.45) is 3.97. The first-order chi connectivity index (χ1) is 16.7. The summed E-state index contributed by atoms with van der Waals surface area (Å²) >= 11 is 3.28. The average molecular weight is 491 g/mol. The normalized spacial score (nSPS) is 11.1. The van der Waals surface area contributed by atoms with Gasteiger partial charge in [0.05, 0.1) is 12.4 Å². The monoisotopic (exact) mass is 490 g/mol. The molecule has 0 fully saturated rings. The molecule has 0 saturated heterocycles. The number of hydrogen-bond donors (Lipinski definition) is 2. The van der Waals surface area contributed by atoms with Gasteiger partial charge in [-0.2, -0.15) is 10.2 Å². The highest BCUT2D eigenvalue weighted by Gasteiger charge is 2.01. The van der Waals surface area contributed by atoms with Crippen molar-refractivity contribution in [1.82, 2.24) is 10.9 Å². The Morgan fingerprint density at radius 2 is 1.00 bits per heavy atom. The van der Waals surface area contributed by atoms with Crippen molar-refractivity contribution in [3.63, 3.8) is 0 Å². The van der Waals surface area contributed by atoms with Crippen molar-refractivity contribution in [3.05, 3.63) is 96.1 Å². The van der Waals surface area contributed by atoms with E-state index in [1.54, 1.807) is 36.0 Å². The lowest BCUT2D eigenvalue weighted by molar-refractivity contribution is -0.121. The Hall–Kier alpha value is -3.36. The number of carbonyl (C=O) groups excluding carboxylic acids is 2. The number of rotatable bonds is 12. The summed E-state index contributed by atoms with van der Waals surface area (Å²) in [6, 6.07) is 27.4. The third kappa shape index (κ3) is 10.1. The standard InChI is InChI=1S/C26H26N4O2S2/c31-25(15-17-33-23-7-3-1-4-8-23)29-27-19-21-11-13-22(14-12-21)20-28-30-26(32)16-18-34-24-9-5-2-6-10-24/h1-14,19-20H,15-18H2,(H,29,31)(H,30,32)/b27-19+,28-20+. The van der Waals surface area contributed by atoms with Crippen LogP contribution >= 0.6 is 23.5 Å². The quantitative estimate of drug-likeness (QED) is 0.214. The maximum atomic E-state index is 11.9. The van der Waals surface area contributed by atoms with Crippen LogP contribution in [0.2, 0.25) is 0 Å². The summed E-state index contributed by atoms with van der Waals surface area (Å²) in [4.78, 5) is 26.1. The zero-order chi connectivity index (χ0) is 23.8. The van der Waals surface area contributed by atoms with Gasteiger partial charge in [-0.25, -0.2) is 10.9 Å². The third-order valence-corrected chi connectivity index (χ3v) is 6.45. The fourth-order valence-electron chi connectivity index (χ4n) is 2.69. The molecule has 34 heavy (non-hydrogen) atoms. The second kappa shape index (κ2) is 14.7. The Morgan fingerprint density at radius 1 is 0.618 bits per heavy atom. The van der Waals surface area contributed by atoms with Gasteiger partial charge in [-0.1, -0.05) is 60.7 Å². The van der Waals surface area contributed by atoms with Crippen LogP contribution in [0.15, 0.2) is 105 Å². The van der Waals surface area contributed by atoms with Crippen molar-refractivity contribution >= 4 is 47.8 Å². The molecule has 0 aliphatic heterocycles. The van der Waals surface area contributed by atoms with Crippen LogP contribution in [0.5, 0.6) is 0 Å². The lowest BCUT2D eigenvalue weighted by Crippen LogP contribution is -2.18. The number of hydrazone groups is 2. The summed E-state index contributed by atoms with van der Waals surface area (Å²) < 4.78 is 0. The van der Waals surface area contributed by atoms with Crippen molar-refractivity contribution < 1.29 is 9.59 Å². The summed E-state index contributed by atoms with van der Waals surface area (Å²) in [7, 11) is 0. The molecular formula is C26H26N4O2S2. The van der Waals surface area contributed by atoms with Crippen LogP contribution in [0.4, 0.5) is 0 Å². The average Bonchev–Trinajstić information content (AvgIpc) is 2.86. The van der Waals surface area contributed by atoms with E-state index in [-0.39, 0.29) is 11.8 Å². The van der Waals surface area contributed by atoms with E-state index in [0.717, 1.165) is 20.9 Å². The molecular weight excluding hydrogens is 464 g/mol. The summed E-state index contributed by atoms with van der Waals surface area (Å²) in [5, 5.41) is 8.01. The SMILES string of the molecule is O=C(CCSc1ccccc1)N/N=C/c1ccc(/C=N/NC(=O)CCSc2ccccc2)cc1. The van der Waals surface area contributed by atoms with Crippen LogP contribution in [0.3, 0.4) is 0 Å². The number of thioether (sulfide) groups is 2. The van der Waals surface area contributed by atoms with Gasteiger partial charge in [0.25, 0.3) is 0 Å². The minimum Gasteiger partial charge on any atom is -0.273 e. The van der Waals surface area contributed by atoms with E-state index in [9.17, 15) is 9.59 Å². The van der Waals surface area contributed by atoms with Crippen molar-refractivity contribution in [2.24, 2.45) is 10.2 Å².